The Bertz CT molecular complexity index is 1630. The van der Waals surface area contributed by atoms with Crippen LogP contribution in [0.1, 0.15) is 0 Å². The fourth-order valence-electron chi connectivity index (χ4n) is 2.73. The molecule has 0 bridgehead atoms. The van der Waals surface area contributed by atoms with Crippen LogP contribution in [0, 0.1) is 0 Å². The molecule has 4 aromatic rings. The van der Waals surface area contributed by atoms with Crippen molar-refractivity contribution < 1.29 is 10.2 Å². The second-order valence-electron chi connectivity index (χ2n) is 6.29. The lowest BCUT2D eigenvalue weighted by molar-refractivity contribution is 0.481. The van der Waals surface area contributed by atoms with E-state index in [9.17, 15) is 29.4 Å². The van der Waals surface area contributed by atoms with Crippen LogP contribution < -0.4 is 22.0 Å². The zero-order chi connectivity index (χ0) is 23.7. The van der Waals surface area contributed by atoms with E-state index in [2.05, 4.69) is 73.7 Å². The van der Waals surface area contributed by atoms with E-state index in [-0.39, 0.29) is 11.5 Å². The quantitative estimate of drug-likeness (QED) is 0.203. The normalized spacial score (nSPS) is 10.6. The number of aromatic hydroxyl groups is 2. The summed E-state index contributed by atoms with van der Waals surface area (Å²) >= 11 is 13.1. The maximum Gasteiger partial charge on any atom is 0.296 e. The minimum absolute atomic E-state index is 0.238. The second-order valence-corrected chi connectivity index (χ2v) is 9.71. The molecule has 0 saturated carbocycles. The van der Waals surface area contributed by atoms with Gasteiger partial charge in [-0.05, 0) is 72.1 Å². The lowest BCUT2D eigenvalue weighted by Crippen LogP contribution is -2.22. The molecule has 0 fully saturated rings. The van der Waals surface area contributed by atoms with Crippen molar-refractivity contribution in [2.75, 3.05) is 0 Å². The standard InChI is InChI=1S/2C10H5Br2NO3/c11-4-1-5(12)9-6(2-4)13-10(16)8(15)3-7(9)14;11-4-1-2-5-8(9(4)12)6(14)3-7(15)10(16)13-5/h2*1-3,14H,(H,13,15,16). The van der Waals surface area contributed by atoms with Gasteiger partial charge in [0.25, 0.3) is 11.1 Å². The highest BCUT2D eigenvalue weighted by molar-refractivity contribution is 9.13. The molecule has 0 amide bonds. The Morgan fingerprint density at radius 3 is 1.75 bits per heavy atom. The Morgan fingerprint density at radius 1 is 0.625 bits per heavy atom. The van der Waals surface area contributed by atoms with Crippen LogP contribution in [-0.4, -0.2) is 20.2 Å². The summed E-state index contributed by atoms with van der Waals surface area (Å²) in [5.41, 5.74) is -2.33. The average Bonchev–Trinajstić information content (AvgIpc) is 2.87. The fraction of sp³-hybridized carbons (Fsp3) is 0. The van der Waals surface area contributed by atoms with E-state index in [0.29, 0.717) is 30.8 Å². The number of fused-ring (bicyclic) bond motifs is 2. The molecule has 2 aromatic heterocycles. The first kappa shape index (κ1) is 24.4. The largest absolute Gasteiger partial charge is 0.507 e. The number of halogens is 4. The highest BCUT2D eigenvalue weighted by atomic mass is 79.9. The number of aromatic amines is 2. The number of H-pyrrole nitrogens is 2. The van der Waals surface area contributed by atoms with E-state index >= 15 is 0 Å². The molecular weight excluding hydrogens is 684 g/mol. The Hall–Kier alpha value is -2.28. The third-order valence-corrected chi connectivity index (χ3v) is 7.24. The Morgan fingerprint density at radius 2 is 1.16 bits per heavy atom. The van der Waals surface area contributed by atoms with Crippen molar-refractivity contribution >= 4 is 85.5 Å². The molecule has 0 aliphatic carbocycles. The number of nitrogens with one attached hydrogen (secondary N) is 2. The van der Waals surface area contributed by atoms with Gasteiger partial charge in [-0.25, -0.2) is 0 Å². The van der Waals surface area contributed by atoms with E-state index in [1.807, 2.05) is 0 Å². The monoisotopic (exact) mass is 690 g/mol. The van der Waals surface area contributed by atoms with Crippen LogP contribution in [0.5, 0.6) is 11.5 Å². The lowest BCUT2D eigenvalue weighted by Gasteiger charge is -2.00. The summed E-state index contributed by atoms with van der Waals surface area (Å²) in [4.78, 5) is 49.8. The molecule has 8 nitrogen and oxygen atoms in total. The van der Waals surface area contributed by atoms with Crippen LogP contribution in [0.2, 0.25) is 0 Å². The van der Waals surface area contributed by atoms with Crippen molar-refractivity contribution in [1.82, 2.24) is 9.97 Å². The van der Waals surface area contributed by atoms with Gasteiger partial charge >= 0.3 is 0 Å². The van der Waals surface area contributed by atoms with Crippen LogP contribution in [0.15, 0.2) is 73.5 Å². The number of aromatic nitrogens is 2. The van der Waals surface area contributed by atoms with Crippen molar-refractivity contribution in [2.45, 2.75) is 0 Å². The van der Waals surface area contributed by atoms with Crippen LogP contribution in [0.25, 0.3) is 21.8 Å². The molecule has 0 aliphatic rings. The molecule has 164 valence electrons. The van der Waals surface area contributed by atoms with Gasteiger partial charge in [-0.15, -0.1) is 0 Å². The summed E-state index contributed by atoms with van der Waals surface area (Å²) in [6, 6.07) is 8.43. The zero-order valence-corrected chi connectivity index (χ0v) is 21.8. The minimum Gasteiger partial charge on any atom is -0.507 e. The van der Waals surface area contributed by atoms with Gasteiger partial charge < -0.3 is 20.2 Å². The fourth-order valence-corrected chi connectivity index (χ4v) is 5.04. The first-order chi connectivity index (χ1) is 15.0. The van der Waals surface area contributed by atoms with E-state index < -0.39 is 22.0 Å². The number of benzene rings is 2. The van der Waals surface area contributed by atoms with Crippen LogP contribution >= 0.6 is 63.7 Å². The predicted octanol–water partition coefficient (Wildman–Crippen LogP) is 4.24. The van der Waals surface area contributed by atoms with Gasteiger partial charge in [0, 0.05) is 30.0 Å². The topological polar surface area (TPSA) is 140 Å². The minimum atomic E-state index is -0.781. The van der Waals surface area contributed by atoms with Crippen molar-refractivity contribution in [2.24, 2.45) is 0 Å². The van der Waals surface area contributed by atoms with E-state index in [0.717, 1.165) is 21.1 Å². The summed E-state index contributed by atoms with van der Waals surface area (Å²) < 4.78 is 2.60. The van der Waals surface area contributed by atoms with Crippen molar-refractivity contribution in [3.63, 3.8) is 0 Å². The first-order valence-electron chi connectivity index (χ1n) is 8.49. The SMILES string of the molecule is O=c1cc(O)c2c(Br)c(Br)ccc2[nH]c1=O.O=c1cc(O)c2c(Br)cc(Br)cc2[nH]c1=O. The molecule has 2 aromatic carbocycles. The lowest BCUT2D eigenvalue weighted by atomic mass is 10.2. The molecule has 32 heavy (non-hydrogen) atoms. The molecule has 4 rings (SSSR count). The van der Waals surface area contributed by atoms with Gasteiger partial charge in [-0.3, -0.25) is 19.2 Å². The maximum atomic E-state index is 11.3. The highest BCUT2D eigenvalue weighted by Crippen LogP contribution is 2.34. The van der Waals surface area contributed by atoms with Gasteiger partial charge in [0.1, 0.15) is 11.5 Å². The van der Waals surface area contributed by atoms with Crippen LogP contribution in [-0.2, 0) is 0 Å². The summed E-state index contributed by atoms with van der Waals surface area (Å²) in [5.74, 6) is -0.482. The molecule has 12 heteroatoms. The number of rotatable bonds is 0. The van der Waals surface area contributed by atoms with Crippen LogP contribution in [0.3, 0.4) is 0 Å². The maximum absolute atomic E-state index is 11.3. The van der Waals surface area contributed by atoms with Crippen molar-refractivity contribution in [1.29, 1.82) is 0 Å². The molecule has 0 atom stereocenters. The van der Waals surface area contributed by atoms with Gasteiger partial charge in [-0.2, -0.15) is 0 Å². The smallest absolute Gasteiger partial charge is 0.296 e. The third kappa shape index (κ3) is 5.03. The van der Waals surface area contributed by atoms with E-state index in [1.165, 1.54) is 0 Å². The van der Waals surface area contributed by atoms with E-state index in [1.54, 1.807) is 24.3 Å². The Kier molecular flexibility index (Phi) is 7.38. The average molecular weight is 694 g/mol. The van der Waals surface area contributed by atoms with Gasteiger partial charge in [-0.1, -0.05) is 15.9 Å². The van der Waals surface area contributed by atoms with Gasteiger partial charge in [0.05, 0.1) is 21.8 Å². The molecule has 2 heterocycles. The van der Waals surface area contributed by atoms with E-state index in [4.69, 9.17) is 0 Å². The molecule has 4 N–H and O–H groups in total. The highest BCUT2D eigenvalue weighted by Gasteiger charge is 2.09. The Balaban J connectivity index is 0.000000181. The third-order valence-electron chi connectivity index (χ3n) is 4.14. The van der Waals surface area contributed by atoms with Gasteiger partial charge in [0.2, 0.25) is 10.9 Å². The molecule has 0 spiro atoms. The number of hydrogen-bond acceptors (Lipinski definition) is 6. The molecule has 0 unspecified atom stereocenters. The second kappa shape index (κ2) is 9.69. The zero-order valence-electron chi connectivity index (χ0n) is 15.5. The number of hydrogen-bond donors (Lipinski definition) is 4. The summed E-state index contributed by atoms with van der Waals surface area (Å²) in [7, 11) is 0. The molecule has 0 aliphatic heterocycles. The molecule has 0 saturated heterocycles. The molecule has 0 radical (unpaired) electrons. The summed E-state index contributed by atoms with van der Waals surface area (Å²) in [6.07, 6.45) is 0. The predicted molar refractivity (Wildman–Crippen MR) is 136 cm³/mol. The van der Waals surface area contributed by atoms with Gasteiger partial charge in [0.15, 0.2) is 0 Å². The van der Waals surface area contributed by atoms with Crippen molar-refractivity contribution in [3.05, 3.63) is 95.4 Å². The van der Waals surface area contributed by atoms with Crippen LogP contribution in [0.4, 0.5) is 0 Å². The first-order valence-corrected chi connectivity index (χ1v) is 11.7. The summed E-state index contributed by atoms with van der Waals surface area (Å²) in [6.45, 7) is 0. The Labute approximate surface area is 211 Å². The molecular formula is C20H10Br4N2O6. The van der Waals surface area contributed by atoms with Crippen molar-refractivity contribution in [3.8, 4) is 11.5 Å². The summed E-state index contributed by atoms with van der Waals surface area (Å²) in [5, 5.41) is 20.2.